The van der Waals surface area contributed by atoms with Crippen molar-refractivity contribution in [1.29, 1.82) is 0 Å². The molecule has 0 spiro atoms. The van der Waals surface area contributed by atoms with Gasteiger partial charge in [0.2, 0.25) is 5.95 Å². The normalized spacial score (nSPS) is 11.1. The van der Waals surface area contributed by atoms with Crippen LogP contribution in [0, 0.1) is 5.82 Å². The summed E-state index contributed by atoms with van der Waals surface area (Å²) in [6.07, 6.45) is 1.99. The zero-order valence-corrected chi connectivity index (χ0v) is 11.1. The molecule has 2 N–H and O–H groups in total. The zero-order valence-electron chi connectivity index (χ0n) is 10.3. The minimum Gasteiger partial charge on any atom is -0.369 e. The highest BCUT2D eigenvalue weighted by molar-refractivity contribution is 7.98. The van der Waals surface area contributed by atoms with E-state index in [1.165, 1.54) is 6.07 Å². The predicted molar refractivity (Wildman–Crippen MR) is 77.2 cm³/mol. The fourth-order valence-electron chi connectivity index (χ4n) is 2.15. The predicted octanol–water partition coefficient (Wildman–Crippen LogP) is 3.47. The Bertz CT molecular complexity index is 752. The molecule has 0 aliphatic carbocycles. The van der Waals surface area contributed by atoms with Gasteiger partial charge in [-0.25, -0.2) is 9.37 Å². The van der Waals surface area contributed by atoms with E-state index in [1.807, 2.05) is 36.6 Å². The summed E-state index contributed by atoms with van der Waals surface area (Å²) in [4.78, 5) is 5.19. The summed E-state index contributed by atoms with van der Waals surface area (Å²) < 4.78 is 15.5. The summed E-state index contributed by atoms with van der Waals surface area (Å²) in [6.45, 7) is 0. The number of fused-ring (bicyclic) bond motifs is 1. The molecule has 0 saturated carbocycles. The molecule has 3 rings (SSSR count). The van der Waals surface area contributed by atoms with Crippen LogP contribution in [-0.2, 0) is 0 Å². The number of halogens is 1. The first-order valence-corrected chi connectivity index (χ1v) is 7.00. The monoisotopic (exact) mass is 273 g/mol. The number of para-hydroxylation sites is 2. The van der Waals surface area contributed by atoms with Crippen LogP contribution in [0.3, 0.4) is 0 Å². The second-order valence-electron chi connectivity index (χ2n) is 4.08. The number of imidazole rings is 1. The molecule has 0 bridgehead atoms. The van der Waals surface area contributed by atoms with Crippen molar-refractivity contribution in [3.8, 4) is 5.69 Å². The van der Waals surface area contributed by atoms with E-state index in [4.69, 9.17) is 5.73 Å². The van der Waals surface area contributed by atoms with E-state index < -0.39 is 0 Å². The lowest BCUT2D eigenvalue weighted by atomic mass is 10.2. The van der Waals surface area contributed by atoms with E-state index in [-0.39, 0.29) is 5.82 Å². The van der Waals surface area contributed by atoms with Crippen molar-refractivity contribution in [2.24, 2.45) is 0 Å². The van der Waals surface area contributed by atoms with Gasteiger partial charge in [-0.3, -0.25) is 4.57 Å². The summed E-state index contributed by atoms with van der Waals surface area (Å²) in [5.74, 6) is -0.0637. The fourth-order valence-corrected chi connectivity index (χ4v) is 2.73. The number of rotatable bonds is 2. The zero-order chi connectivity index (χ0) is 13.4. The first kappa shape index (κ1) is 12.0. The van der Waals surface area contributed by atoms with Crippen LogP contribution < -0.4 is 5.73 Å². The maximum atomic E-state index is 13.7. The van der Waals surface area contributed by atoms with Gasteiger partial charge in [-0.15, -0.1) is 11.8 Å². The standard InChI is InChI=1S/C14H12FN3S/c1-19-12-8-3-2-6-10(12)18-11-7-4-5-9(15)13(11)17-14(18)16/h2-8H,1H3,(H2,16,17). The van der Waals surface area contributed by atoms with E-state index >= 15 is 0 Å². The molecule has 3 nitrogen and oxygen atoms in total. The van der Waals surface area contributed by atoms with Crippen molar-refractivity contribution in [2.45, 2.75) is 4.90 Å². The van der Waals surface area contributed by atoms with Crippen LogP contribution in [0.1, 0.15) is 0 Å². The van der Waals surface area contributed by atoms with Crippen molar-refractivity contribution in [3.63, 3.8) is 0 Å². The minimum absolute atomic E-state index is 0.293. The van der Waals surface area contributed by atoms with Crippen molar-refractivity contribution >= 4 is 28.7 Å². The van der Waals surface area contributed by atoms with E-state index in [1.54, 1.807) is 22.4 Å². The average Bonchev–Trinajstić information content (AvgIpc) is 2.76. The number of hydrogen-bond acceptors (Lipinski definition) is 3. The second kappa shape index (κ2) is 4.59. The first-order chi connectivity index (χ1) is 9.22. The molecule has 0 saturated heterocycles. The van der Waals surface area contributed by atoms with E-state index in [0.717, 1.165) is 10.6 Å². The molecule has 0 aliphatic heterocycles. The highest BCUT2D eigenvalue weighted by Crippen LogP contribution is 2.30. The van der Waals surface area contributed by atoms with Crippen molar-refractivity contribution in [2.75, 3.05) is 12.0 Å². The van der Waals surface area contributed by atoms with Gasteiger partial charge in [0.1, 0.15) is 5.52 Å². The van der Waals surface area contributed by atoms with Crippen LogP contribution in [0.2, 0.25) is 0 Å². The molecule has 0 amide bonds. The number of anilines is 1. The lowest BCUT2D eigenvalue weighted by molar-refractivity contribution is 0.637. The molecule has 0 radical (unpaired) electrons. The molecule has 19 heavy (non-hydrogen) atoms. The third-order valence-electron chi connectivity index (χ3n) is 2.99. The maximum Gasteiger partial charge on any atom is 0.206 e. The molecular formula is C14H12FN3S. The molecule has 0 aliphatic rings. The lowest BCUT2D eigenvalue weighted by Gasteiger charge is -2.10. The van der Waals surface area contributed by atoms with Gasteiger partial charge in [-0.2, -0.15) is 0 Å². The van der Waals surface area contributed by atoms with Crippen LogP contribution >= 0.6 is 11.8 Å². The number of nitrogens with zero attached hydrogens (tertiary/aromatic N) is 2. The number of hydrogen-bond donors (Lipinski definition) is 1. The Kier molecular flexibility index (Phi) is 2.91. The number of nitrogens with two attached hydrogens (primary N) is 1. The Morgan fingerprint density at radius 3 is 2.74 bits per heavy atom. The van der Waals surface area contributed by atoms with Gasteiger partial charge in [0, 0.05) is 4.90 Å². The SMILES string of the molecule is CSc1ccccc1-n1c(N)nc2c(F)cccc21. The summed E-state index contributed by atoms with van der Waals surface area (Å²) in [5.41, 5.74) is 7.85. The van der Waals surface area contributed by atoms with Gasteiger partial charge < -0.3 is 5.73 Å². The Labute approximate surface area is 114 Å². The topological polar surface area (TPSA) is 43.8 Å². The van der Waals surface area contributed by atoms with Gasteiger partial charge >= 0.3 is 0 Å². The van der Waals surface area contributed by atoms with Gasteiger partial charge in [-0.1, -0.05) is 18.2 Å². The summed E-state index contributed by atoms with van der Waals surface area (Å²) in [6, 6.07) is 12.7. The molecule has 1 aromatic heterocycles. The Morgan fingerprint density at radius 1 is 1.16 bits per heavy atom. The maximum absolute atomic E-state index is 13.7. The number of aromatic nitrogens is 2. The Balaban J connectivity index is 2.37. The van der Waals surface area contributed by atoms with Crippen LogP contribution in [0.15, 0.2) is 47.4 Å². The molecule has 3 aromatic rings. The molecule has 0 atom stereocenters. The molecule has 0 fully saturated rings. The highest BCUT2D eigenvalue weighted by atomic mass is 32.2. The smallest absolute Gasteiger partial charge is 0.206 e. The molecule has 0 unspecified atom stereocenters. The lowest BCUT2D eigenvalue weighted by Crippen LogP contribution is -2.01. The summed E-state index contributed by atoms with van der Waals surface area (Å²) in [7, 11) is 0. The number of nitrogen functional groups attached to an aromatic ring is 1. The largest absolute Gasteiger partial charge is 0.369 e. The highest BCUT2D eigenvalue weighted by Gasteiger charge is 2.14. The van der Waals surface area contributed by atoms with Crippen molar-refractivity contribution < 1.29 is 4.39 Å². The third-order valence-corrected chi connectivity index (χ3v) is 3.77. The molecular weight excluding hydrogens is 261 g/mol. The first-order valence-electron chi connectivity index (χ1n) is 5.78. The molecule has 2 aromatic carbocycles. The van der Waals surface area contributed by atoms with Crippen molar-refractivity contribution in [3.05, 3.63) is 48.3 Å². The van der Waals surface area contributed by atoms with E-state index in [0.29, 0.717) is 17.0 Å². The van der Waals surface area contributed by atoms with Gasteiger partial charge in [0.15, 0.2) is 5.82 Å². The van der Waals surface area contributed by atoms with Crippen LogP contribution in [-0.4, -0.2) is 15.8 Å². The Morgan fingerprint density at radius 2 is 1.95 bits per heavy atom. The number of thioether (sulfide) groups is 1. The van der Waals surface area contributed by atoms with Crippen LogP contribution in [0.4, 0.5) is 10.3 Å². The summed E-state index contributed by atoms with van der Waals surface area (Å²) >= 11 is 1.62. The van der Waals surface area contributed by atoms with Gasteiger partial charge in [-0.05, 0) is 30.5 Å². The van der Waals surface area contributed by atoms with Crippen LogP contribution in [0.5, 0.6) is 0 Å². The summed E-state index contributed by atoms with van der Waals surface area (Å²) in [5, 5.41) is 0. The average molecular weight is 273 g/mol. The number of benzene rings is 2. The quantitative estimate of drug-likeness (QED) is 0.727. The fraction of sp³-hybridized carbons (Fsp3) is 0.0714. The van der Waals surface area contributed by atoms with Crippen LogP contribution in [0.25, 0.3) is 16.7 Å². The molecule has 1 heterocycles. The second-order valence-corrected chi connectivity index (χ2v) is 4.93. The van der Waals surface area contributed by atoms with Gasteiger partial charge in [0.25, 0.3) is 0 Å². The minimum atomic E-state index is -0.357. The van der Waals surface area contributed by atoms with Gasteiger partial charge in [0.05, 0.1) is 11.2 Å². The van der Waals surface area contributed by atoms with E-state index in [9.17, 15) is 4.39 Å². The van der Waals surface area contributed by atoms with Crippen molar-refractivity contribution in [1.82, 2.24) is 9.55 Å². The Hall–Kier alpha value is -2.01. The molecule has 96 valence electrons. The molecule has 5 heteroatoms. The third kappa shape index (κ3) is 1.86. The van der Waals surface area contributed by atoms with E-state index in [2.05, 4.69) is 4.98 Å².